The van der Waals surface area contributed by atoms with E-state index in [0.717, 1.165) is 0 Å². The summed E-state index contributed by atoms with van der Waals surface area (Å²) in [7, 11) is 0. The summed E-state index contributed by atoms with van der Waals surface area (Å²) in [5, 5.41) is 6.50. The molecule has 0 fully saturated rings. The van der Waals surface area contributed by atoms with Crippen LogP contribution in [-0.4, -0.2) is 27.5 Å². The normalized spacial score (nSPS) is 12.2. The fourth-order valence-electron chi connectivity index (χ4n) is 2.70. The lowest BCUT2D eigenvalue weighted by Crippen LogP contribution is -2.35. The topological polar surface area (TPSA) is 64.0 Å². The Hall–Kier alpha value is -2.57. The van der Waals surface area contributed by atoms with E-state index in [1.54, 1.807) is 38.1 Å². The number of carbonyl (C=O) groups is 2. The third-order valence-electron chi connectivity index (χ3n) is 3.99. The lowest BCUT2D eigenvalue weighted by molar-refractivity contribution is -0.121. The minimum atomic E-state index is -2.74. The smallest absolute Gasteiger partial charge is 0.333 e. The van der Waals surface area contributed by atoms with E-state index >= 15 is 0 Å². The Morgan fingerprint density at radius 2 is 1.84 bits per heavy atom. The first-order valence-electron chi connectivity index (χ1n) is 8.00. The first-order chi connectivity index (χ1) is 11.8. The molecule has 0 saturated carbocycles. The van der Waals surface area contributed by atoms with Gasteiger partial charge in [-0.05, 0) is 20.8 Å². The molecule has 0 unspecified atom stereocenters. The van der Waals surface area contributed by atoms with Gasteiger partial charge in [0.25, 0.3) is 0 Å². The van der Waals surface area contributed by atoms with Crippen molar-refractivity contribution in [2.45, 2.75) is 46.2 Å². The van der Waals surface area contributed by atoms with E-state index in [4.69, 9.17) is 0 Å². The van der Waals surface area contributed by atoms with Crippen molar-refractivity contribution in [1.82, 2.24) is 15.1 Å². The second kappa shape index (κ2) is 8.00. The highest BCUT2D eigenvalue weighted by atomic mass is 19.3. The van der Waals surface area contributed by atoms with Crippen LogP contribution in [0.5, 0.6) is 0 Å². The van der Waals surface area contributed by atoms with E-state index in [-0.39, 0.29) is 36.3 Å². The molecule has 1 atom stereocenters. The number of Topliss-reactive ketones (excluding diaryl/α,β-unsaturated/α-hetero) is 1. The lowest BCUT2D eigenvalue weighted by atomic mass is 10.0. The number of carbonyl (C=O) groups excluding carboxylic acids is 2. The Morgan fingerprint density at radius 1 is 1.20 bits per heavy atom. The average molecular weight is 349 g/mol. The van der Waals surface area contributed by atoms with Gasteiger partial charge in [-0.3, -0.25) is 9.59 Å². The van der Waals surface area contributed by atoms with Crippen LogP contribution in [0.2, 0.25) is 0 Å². The molecule has 25 heavy (non-hydrogen) atoms. The van der Waals surface area contributed by atoms with Crippen molar-refractivity contribution >= 4 is 11.7 Å². The zero-order chi connectivity index (χ0) is 18.6. The van der Waals surface area contributed by atoms with Crippen LogP contribution >= 0.6 is 0 Å². The van der Waals surface area contributed by atoms with Crippen molar-refractivity contribution < 1.29 is 18.4 Å². The average Bonchev–Trinajstić information content (AvgIpc) is 2.83. The molecule has 2 aromatic rings. The molecular formula is C18H21F2N3O2. The van der Waals surface area contributed by atoms with Gasteiger partial charge in [0.15, 0.2) is 5.78 Å². The van der Waals surface area contributed by atoms with Crippen molar-refractivity contribution in [3.05, 3.63) is 52.8 Å². The Kier molecular flexibility index (Phi) is 6.01. The molecule has 0 aliphatic heterocycles. The summed E-state index contributed by atoms with van der Waals surface area (Å²) in [6.45, 7) is 2.10. The van der Waals surface area contributed by atoms with Crippen LogP contribution in [0, 0.1) is 13.8 Å². The molecule has 1 aromatic heterocycles. The number of alkyl halides is 2. The Labute approximate surface area is 145 Å². The predicted octanol–water partition coefficient (Wildman–Crippen LogP) is 3.22. The number of aromatic nitrogens is 2. The number of hydrogen-bond donors (Lipinski definition) is 1. The first kappa shape index (κ1) is 18.8. The molecule has 5 nitrogen and oxygen atoms in total. The van der Waals surface area contributed by atoms with E-state index in [2.05, 4.69) is 10.4 Å². The molecule has 134 valence electrons. The lowest BCUT2D eigenvalue weighted by Gasteiger charge is -2.13. The van der Waals surface area contributed by atoms with Crippen molar-refractivity contribution in [3.8, 4) is 0 Å². The van der Waals surface area contributed by atoms with Crippen molar-refractivity contribution in [2.24, 2.45) is 0 Å². The Bertz CT molecular complexity index is 757. The molecule has 0 spiro atoms. The molecule has 1 aromatic carbocycles. The van der Waals surface area contributed by atoms with E-state index < -0.39 is 6.55 Å². The number of ketones is 1. The SMILES string of the molecule is Cc1nn(C(F)F)c(C)c1CC(=O)N[C@@H](C)CC(=O)c1ccccc1. The van der Waals surface area contributed by atoms with Gasteiger partial charge in [-0.25, -0.2) is 4.68 Å². The summed E-state index contributed by atoms with van der Waals surface area (Å²) in [5.41, 5.74) is 1.75. The molecule has 0 saturated heterocycles. The second-order valence-electron chi connectivity index (χ2n) is 6.01. The molecule has 0 aliphatic carbocycles. The van der Waals surface area contributed by atoms with Crippen LogP contribution < -0.4 is 5.32 Å². The zero-order valence-electron chi connectivity index (χ0n) is 14.4. The van der Waals surface area contributed by atoms with Gasteiger partial charge in [-0.15, -0.1) is 0 Å². The van der Waals surface area contributed by atoms with Crippen LogP contribution in [-0.2, 0) is 11.2 Å². The number of nitrogens with zero attached hydrogens (tertiary/aromatic N) is 2. The van der Waals surface area contributed by atoms with Gasteiger partial charge in [0.05, 0.1) is 12.1 Å². The number of rotatable bonds is 7. The van der Waals surface area contributed by atoms with Crippen molar-refractivity contribution in [3.63, 3.8) is 0 Å². The summed E-state index contributed by atoms with van der Waals surface area (Å²) in [4.78, 5) is 24.3. The van der Waals surface area contributed by atoms with Crippen molar-refractivity contribution in [1.29, 1.82) is 0 Å². The molecule has 0 bridgehead atoms. The van der Waals surface area contributed by atoms with Gasteiger partial charge in [-0.2, -0.15) is 13.9 Å². The largest absolute Gasteiger partial charge is 0.353 e. The molecule has 1 amide bonds. The van der Waals surface area contributed by atoms with Crippen LogP contribution in [0.25, 0.3) is 0 Å². The fraction of sp³-hybridized carbons (Fsp3) is 0.389. The molecule has 1 heterocycles. The summed E-state index contributed by atoms with van der Waals surface area (Å²) >= 11 is 0. The maximum atomic E-state index is 12.8. The second-order valence-corrected chi connectivity index (χ2v) is 6.01. The highest BCUT2D eigenvalue weighted by Crippen LogP contribution is 2.19. The van der Waals surface area contributed by atoms with E-state index in [9.17, 15) is 18.4 Å². The number of amides is 1. The maximum Gasteiger partial charge on any atom is 0.333 e. The molecule has 0 radical (unpaired) electrons. The number of aryl methyl sites for hydroxylation is 1. The number of halogens is 2. The number of hydrogen-bond acceptors (Lipinski definition) is 3. The summed E-state index contributed by atoms with van der Waals surface area (Å²) in [6.07, 6.45) is 0.123. The van der Waals surface area contributed by atoms with Gasteiger partial charge in [-0.1, -0.05) is 30.3 Å². The predicted molar refractivity (Wildman–Crippen MR) is 89.7 cm³/mol. The number of nitrogens with one attached hydrogen (secondary N) is 1. The summed E-state index contributed by atoms with van der Waals surface area (Å²) in [5.74, 6) is -0.389. The van der Waals surface area contributed by atoms with Gasteiger partial charge in [0.2, 0.25) is 5.91 Å². The van der Waals surface area contributed by atoms with Crippen LogP contribution in [0.15, 0.2) is 30.3 Å². The van der Waals surface area contributed by atoms with Gasteiger partial charge in [0, 0.05) is 29.3 Å². The highest BCUT2D eigenvalue weighted by Gasteiger charge is 2.20. The molecule has 2 rings (SSSR count). The van der Waals surface area contributed by atoms with Crippen LogP contribution in [0.3, 0.4) is 0 Å². The maximum absolute atomic E-state index is 12.8. The molecule has 1 N–H and O–H groups in total. The molecule has 0 aliphatic rings. The van der Waals surface area contributed by atoms with Crippen LogP contribution in [0.4, 0.5) is 8.78 Å². The summed E-state index contributed by atoms with van der Waals surface area (Å²) < 4.78 is 26.3. The quantitative estimate of drug-likeness (QED) is 0.781. The van der Waals surface area contributed by atoms with E-state index in [1.165, 1.54) is 6.92 Å². The molecule has 7 heteroatoms. The minimum Gasteiger partial charge on any atom is -0.353 e. The molecular weight excluding hydrogens is 328 g/mol. The third kappa shape index (κ3) is 4.71. The minimum absolute atomic E-state index is 0.0474. The monoisotopic (exact) mass is 349 g/mol. The van der Waals surface area contributed by atoms with Crippen molar-refractivity contribution in [2.75, 3.05) is 0 Å². The Morgan fingerprint density at radius 3 is 2.40 bits per heavy atom. The van der Waals surface area contributed by atoms with Crippen LogP contribution in [0.1, 0.15) is 47.2 Å². The highest BCUT2D eigenvalue weighted by molar-refractivity contribution is 5.96. The van der Waals surface area contributed by atoms with E-state index in [1.807, 2.05) is 6.07 Å². The standard InChI is InChI=1S/C18H21F2N3O2/c1-11(9-16(24)14-7-5-4-6-8-14)21-17(25)10-15-12(2)22-23(13(15)3)18(19)20/h4-8,11,18H,9-10H2,1-3H3,(H,21,25)/t11-/m0/s1. The van der Waals surface area contributed by atoms with Gasteiger partial charge >= 0.3 is 6.55 Å². The first-order valence-corrected chi connectivity index (χ1v) is 8.00. The number of benzene rings is 1. The summed E-state index contributed by atoms with van der Waals surface area (Å²) in [6, 6.07) is 8.48. The van der Waals surface area contributed by atoms with Gasteiger partial charge < -0.3 is 5.32 Å². The fourth-order valence-corrected chi connectivity index (χ4v) is 2.70. The zero-order valence-corrected chi connectivity index (χ0v) is 14.4. The Balaban J connectivity index is 1.95. The van der Waals surface area contributed by atoms with E-state index in [0.29, 0.717) is 21.5 Å². The van der Waals surface area contributed by atoms with Gasteiger partial charge in [0.1, 0.15) is 0 Å². The third-order valence-corrected chi connectivity index (χ3v) is 3.99.